The van der Waals surface area contributed by atoms with Gasteiger partial charge in [0, 0.05) is 127 Å². The summed E-state index contributed by atoms with van der Waals surface area (Å²) < 4.78 is 12.5. The van der Waals surface area contributed by atoms with Crippen LogP contribution in [0, 0.1) is 0 Å². The standard InChI is InChI=1S/C54H31N3S2.C48H29N3S/c1-3-11-38-32(9-1)19-25-46-52(38)53-39-12-4-2-10-33(39)20-26-47(53)57(46)37-23-17-34(18-24-37)44-31-45(35-21-27-50-42(29-35)40-13-5-7-15-48(40)58-50)56-54(55-44)36-22-28-51-43(30-36)41-14-6-8-16-49(41)59-51;1-2-12-32(13-3-1)40-29-41(50-48(49-40)34-20-25-39-38-16-8-9-17-44(38)52-45(39)28-34)33-18-23-35(24-19-33)51-42-26-21-30-10-4-6-14-36(30)46(42)47-37-15-7-5-11-31(37)22-27-43(47)51/h1-31H;1-29H. The molecule has 6 nitrogen and oxygen atoms in total. The van der Waals surface area contributed by atoms with Gasteiger partial charge in [-0.3, -0.25) is 0 Å². The molecule has 0 amide bonds. The third-order valence-corrected chi connectivity index (χ3v) is 25.8. The van der Waals surface area contributed by atoms with Crippen molar-refractivity contribution in [1.82, 2.24) is 29.1 Å². The monoisotopic (exact) mass is 1460 g/mol. The largest absolute Gasteiger partial charge is 0.309 e. The highest BCUT2D eigenvalue weighted by Gasteiger charge is 2.23. The molecule has 0 saturated heterocycles. The third-order valence-electron chi connectivity index (χ3n) is 22.4. The Morgan fingerprint density at radius 2 is 0.468 bits per heavy atom. The predicted molar refractivity (Wildman–Crippen MR) is 474 cm³/mol. The Morgan fingerprint density at radius 1 is 0.180 bits per heavy atom. The Kier molecular flexibility index (Phi) is 14.5. The SMILES string of the molecule is c1ccc(-c2cc(-c3ccc(-n4c5ccc6ccccc6c5c5c6ccccc6ccc54)cc3)nc(-c3ccc4c(c3)sc3ccccc34)n2)cc1.c1ccc2c(c1)ccc1c2c2c3ccccc3ccc2n1-c1ccc(-c2cc(-c3ccc4sc5ccccc5c4c3)nc(-c3ccc4sc5ccccc5c4c3)n2)cc1. The molecule has 0 fully saturated rings. The number of aromatic nitrogens is 6. The van der Waals surface area contributed by atoms with E-state index in [1.807, 2.05) is 40.1 Å². The molecule has 0 spiro atoms. The average molecular weight is 1470 g/mol. The molecule has 24 aromatic rings. The zero-order chi connectivity index (χ0) is 72.8. The summed E-state index contributed by atoms with van der Waals surface area (Å²) in [7, 11) is 0. The maximum absolute atomic E-state index is 5.32. The highest BCUT2D eigenvalue weighted by molar-refractivity contribution is 7.26. The van der Waals surface area contributed by atoms with Gasteiger partial charge < -0.3 is 9.13 Å². The maximum atomic E-state index is 5.32. The average Bonchev–Trinajstić information content (AvgIpc) is 1.56. The lowest BCUT2D eigenvalue weighted by Crippen LogP contribution is -1.97. The predicted octanol–water partition coefficient (Wildman–Crippen LogP) is 28.9. The van der Waals surface area contributed by atoms with Gasteiger partial charge in [0.25, 0.3) is 0 Å². The number of thiophene rings is 3. The van der Waals surface area contributed by atoms with Gasteiger partial charge in [-0.2, -0.15) is 0 Å². The van der Waals surface area contributed by atoms with Crippen molar-refractivity contribution < 1.29 is 0 Å². The fourth-order valence-corrected chi connectivity index (χ4v) is 20.5. The lowest BCUT2D eigenvalue weighted by molar-refractivity contribution is 1.17. The first kappa shape index (κ1) is 63.3. The molecule has 0 aliphatic heterocycles. The summed E-state index contributed by atoms with van der Waals surface area (Å²) in [6, 6.07) is 131. The molecule has 111 heavy (non-hydrogen) atoms. The van der Waals surface area contributed by atoms with Gasteiger partial charge in [-0.1, -0.05) is 249 Å². The zero-order valence-corrected chi connectivity index (χ0v) is 62.0. The van der Waals surface area contributed by atoms with Crippen molar-refractivity contribution >= 4 is 181 Å². The number of benzene rings is 17. The van der Waals surface area contributed by atoms with Crippen LogP contribution in [0.3, 0.4) is 0 Å². The molecule has 0 radical (unpaired) electrons. The van der Waals surface area contributed by atoms with Crippen molar-refractivity contribution in [1.29, 1.82) is 0 Å². The first-order valence-electron chi connectivity index (χ1n) is 37.5. The van der Waals surface area contributed by atoms with Gasteiger partial charge >= 0.3 is 0 Å². The molecule has 9 heteroatoms. The highest BCUT2D eigenvalue weighted by Crippen LogP contribution is 2.46. The number of rotatable bonds is 8. The minimum Gasteiger partial charge on any atom is -0.309 e. The van der Waals surface area contributed by atoms with Crippen LogP contribution < -0.4 is 0 Å². The number of hydrogen-bond donors (Lipinski definition) is 0. The van der Waals surface area contributed by atoms with Crippen LogP contribution in [-0.4, -0.2) is 29.1 Å². The van der Waals surface area contributed by atoms with Crippen LogP contribution in [-0.2, 0) is 0 Å². The van der Waals surface area contributed by atoms with Crippen LogP contribution in [0.2, 0.25) is 0 Å². The summed E-state index contributed by atoms with van der Waals surface area (Å²) >= 11 is 5.48. The smallest absolute Gasteiger partial charge is 0.160 e. The molecule has 0 aliphatic carbocycles. The van der Waals surface area contributed by atoms with E-state index in [2.05, 4.69) is 367 Å². The van der Waals surface area contributed by atoms with Gasteiger partial charge in [-0.05, 0) is 158 Å². The second kappa shape index (κ2) is 25.4. The Labute approximate surface area is 648 Å². The van der Waals surface area contributed by atoms with Gasteiger partial charge in [0.1, 0.15) is 0 Å². The second-order valence-corrected chi connectivity index (χ2v) is 32.0. The van der Waals surface area contributed by atoms with Gasteiger partial charge in [-0.15, -0.1) is 34.0 Å². The molecular weight excluding hydrogens is 1410 g/mol. The third kappa shape index (κ3) is 10.4. The number of nitrogens with zero attached hydrogens (tertiary/aromatic N) is 6. The second-order valence-electron chi connectivity index (χ2n) is 28.7. The molecule has 7 aromatic heterocycles. The first-order chi connectivity index (χ1) is 55.0. The number of fused-ring (bicyclic) bond motifs is 23. The molecule has 24 rings (SSSR count). The molecule has 0 unspecified atom stereocenters. The van der Waals surface area contributed by atoms with E-state index >= 15 is 0 Å². The summed E-state index contributed by atoms with van der Waals surface area (Å²) in [5.74, 6) is 1.44. The van der Waals surface area contributed by atoms with Crippen LogP contribution >= 0.6 is 34.0 Å². The quantitative estimate of drug-likeness (QED) is 0.152. The van der Waals surface area contributed by atoms with Crippen molar-refractivity contribution in [2.45, 2.75) is 0 Å². The van der Waals surface area contributed by atoms with Crippen LogP contribution in [0.5, 0.6) is 0 Å². The first-order valence-corrected chi connectivity index (χ1v) is 39.9. The molecule has 0 N–H and O–H groups in total. The lowest BCUT2D eigenvalue weighted by Gasteiger charge is -2.12. The van der Waals surface area contributed by atoms with Gasteiger partial charge in [0.2, 0.25) is 0 Å². The van der Waals surface area contributed by atoms with Gasteiger partial charge in [0.15, 0.2) is 11.6 Å². The molecule has 0 aliphatic rings. The van der Waals surface area contributed by atoms with E-state index in [0.717, 1.165) is 79.2 Å². The Bertz CT molecular complexity index is 7640. The highest BCUT2D eigenvalue weighted by atomic mass is 32.1. The van der Waals surface area contributed by atoms with E-state index in [1.54, 1.807) is 0 Å². The summed E-state index contributed by atoms with van der Waals surface area (Å²) in [5, 5.41) is 22.8. The summed E-state index contributed by atoms with van der Waals surface area (Å²) in [6.45, 7) is 0. The molecule has 0 saturated carbocycles. The van der Waals surface area contributed by atoms with E-state index in [1.165, 1.54) is 147 Å². The van der Waals surface area contributed by atoms with Crippen molar-refractivity contribution in [3.63, 3.8) is 0 Å². The maximum Gasteiger partial charge on any atom is 0.160 e. The van der Waals surface area contributed by atoms with E-state index in [9.17, 15) is 0 Å². The molecule has 0 bridgehead atoms. The number of hydrogen-bond acceptors (Lipinski definition) is 7. The fraction of sp³-hybridized carbons (Fsp3) is 0. The van der Waals surface area contributed by atoms with E-state index in [-0.39, 0.29) is 0 Å². The Morgan fingerprint density at radius 3 is 0.892 bits per heavy atom. The van der Waals surface area contributed by atoms with Gasteiger partial charge in [0.05, 0.1) is 44.8 Å². The van der Waals surface area contributed by atoms with E-state index < -0.39 is 0 Å². The normalized spacial score (nSPS) is 12.0. The van der Waals surface area contributed by atoms with Gasteiger partial charge in [-0.25, -0.2) is 19.9 Å². The molecule has 516 valence electrons. The minimum absolute atomic E-state index is 0.718. The fourth-order valence-electron chi connectivity index (χ4n) is 17.2. The van der Waals surface area contributed by atoms with Crippen LogP contribution in [0.15, 0.2) is 364 Å². The molecule has 7 heterocycles. The van der Waals surface area contributed by atoms with Crippen molar-refractivity contribution in [2.24, 2.45) is 0 Å². The summed E-state index contributed by atoms with van der Waals surface area (Å²) in [5.41, 5.74) is 16.9. The van der Waals surface area contributed by atoms with Crippen LogP contribution in [0.4, 0.5) is 0 Å². The van der Waals surface area contributed by atoms with E-state index in [4.69, 9.17) is 19.9 Å². The zero-order valence-electron chi connectivity index (χ0n) is 59.5. The van der Waals surface area contributed by atoms with Crippen molar-refractivity contribution in [2.75, 3.05) is 0 Å². The summed E-state index contributed by atoms with van der Waals surface area (Å²) in [6.07, 6.45) is 0. The topological polar surface area (TPSA) is 61.4 Å². The molecule has 0 atom stereocenters. The Balaban J connectivity index is 0.000000134. The van der Waals surface area contributed by atoms with E-state index in [0.29, 0.717) is 0 Å². The van der Waals surface area contributed by atoms with Crippen LogP contribution in [0.25, 0.3) is 226 Å². The Hall–Kier alpha value is -13.8. The van der Waals surface area contributed by atoms with Crippen molar-refractivity contribution in [3.8, 4) is 79.2 Å². The van der Waals surface area contributed by atoms with Crippen molar-refractivity contribution in [3.05, 3.63) is 364 Å². The molecule has 17 aromatic carbocycles. The summed E-state index contributed by atoms with van der Waals surface area (Å²) in [4.78, 5) is 21.0. The minimum atomic E-state index is 0.718. The van der Waals surface area contributed by atoms with Crippen LogP contribution in [0.1, 0.15) is 0 Å². The lowest BCUT2D eigenvalue weighted by atomic mass is 10.00. The molecular formula is C102H60N6S3.